The molecule has 2 aromatic rings. The van der Waals surface area contributed by atoms with E-state index in [2.05, 4.69) is 15.9 Å². The second-order valence-electron chi connectivity index (χ2n) is 6.25. The van der Waals surface area contributed by atoms with Crippen molar-refractivity contribution >= 4 is 33.4 Å². The lowest BCUT2D eigenvalue weighted by atomic mass is 9.95. The number of aliphatic hydroxyl groups is 1. The number of hydrogen-bond acceptors (Lipinski definition) is 6. The molecule has 29 heavy (non-hydrogen) atoms. The number of ether oxygens (including phenoxy) is 1. The number of ketones is 1. The number of nitriles is 1. The van der Waals surface area contributed by atoms with Crippen LogP contribution in [0.5, 0.6) is 11.5 Å². The molecular weight excluding hydrogens is 440 g/mol. The molecule has 1 aliphatic heterocycles. The second-order valence-corrected chi connectivity index (χ2v) is 7.17. The summed E-state index contributed by atoms with van der Waals surface area (Å²) < 4.78 is 6.18. The summed E-state index contributed by atoms with van der Waals surface area (Å²) in [6, 6.07) is 11.9. The zero-order valence-corrected chi connectivity index (χ0v) is 17.0. The van der Waals surface area contributed by atoms with Crippen LogP contribution in [0.1, 0.15) is 24.1 Å². The molecule has 1 heterocycles. The van der Waals surface area contributed by atoms with Crippen LogP contribution >= 0.6 is 15.9 Å². The second kappa shape index (κ2) is 8.37. The molecule has 0 aromatic heterocycles. The van der Waals surface area contributed by atoms with Gasteiger partial charge in [0.05, 0.1) is 24.3 Å². The number of aliphatic hydroxyl groups excluding tert-OH is 1. The molecule has 1 amide bonds. The van der Waals surface area contributed by atoms with Crippen LogP contribution in [0.4, 0.5) is 0 Å². The van der Waals surface area contributed by atoms with Gasteiger partial charge in [0.25, 0.3) is 11.7 Å². The van der Waals surface area contributed by atoms with Gasteiger partial charge in [0.1, 0.15) is 12.3 Å². The number of nitrogens with zero attached hydrogens (tertiary/aromatic N) is 2. The first-order valence-electron chi connectivity index (χ1n) is 8.76. The standard InChI is InChI=1S/C21H17BrN2O5/c1-2-29-16-11-13(5-8-15(16)25)18-17(20(27)21(28)24(18)10-9-23)19(26)12-3-6-14(22)7-4-12/h3-8,11,18,25-26H,2,10H2,1H3/b19-17+. The Morgan fingerprint density at radius 2 is 1.93 bits per heavy atom. The summed E-state index contributed by atoms with van der Waals surface area (Å²) in [6.07, 6.45) is 0. The molecule has 0 radical (unpaired) electrons. The van der Waals surface area contributed by atoms with Crippen molar-refractivity contribution in [2.24, 2.45) is 0 Å². The molecule has 1 atom stereocenters. The van der Waals surface area contributed by atoms with Gasteiger partial charge in [-0.25, -0.2) is 0 Å². The Hall–Kier alpha value is -3.31. The SMILES string of the molecule is CCOc1cc(C2/C(=C(\O)c3ccc(Br)cc3)C(=O)C(=O)N2CC#N)ccc1O. The molecule has 0 spiro atoms. The first-order valence-corrected chi connectivity index (χ1v) is 9.55. The van der Waals surface area contributed by atoms with Crippen LogP contribution in [-0.2, 0) is 9.59 Å². The fraction of sp³-hybridized carbons (Fsp3) is 0.190. The molecule has 1 unspecified atom stereocenters. The van der Waals surface area contributed by atoms with Gasteiger partial charge in [0, 0.05) is 10.0 Å². The van der Waals surface area contributed by atoms with E-state index in [-0.39, 0.29) is 29.4 Å². The van der Waals surface area contributed by atoms with Gasteiger partial charge in [0.2, 0.25) is 0 Å². The van der Waals surface area contributed by atoms with Crippen molar-refractivity contribution in [3.63, 3.8) is 0 Å². The lowest BCUT2D eigenvalue weighted by Gasteiger charge is -2.23. The number of carbonyl (C=O) groups is 2. The molecule has 2 aromatic carbocycles. The number of rotatable bonds is 5. The van der Waals surface area contributed by atoms with E-state index in [4.69, 9.17) is 10.00 Å². The van der Waals surface area contributed by atoms with Gasteiger partial charge in [-0.2, -0.15) is 5.26 Å². The van der Waals surface area contributed by atoms with Crippen molar-refractivity contribution in [1.82, 2.24) is 4.90 Å². The summed E-state index contributed by atoms with van der Waals surface area (Å²) in [7, 11) is 0. The fourth-order valence-corrected chi connectivity index (χ4v) is 3.47. The van der Waals surface area contributed by atoms with Gasteiger partial charge in [-0.05, 0) is 36.8 Å². The number of likely N-dealkylation sites (tertiary alicyclic amines) is 1. The minimum Gasteiger partial charge on any atom is -0.507 e. The van der Waals surface area contributed by atoms with E-state index in [0.29, 0.717) is 17.7 Å². The Morgan fingerprint density at radius 3 is 2.55 bits per heavy atom. The van der Waals surface area contributed by atoms with Gasteiger partial charge < -0.3 is 19.8 Å². The number of carbonyl (C=O) groups excluding carboxylic acids is 2. The Labute approximate surface area is 175 Å². The van der Waals surface area contributed by atoms with E-state index in [0.717, 1.165) is 9.37 Å². The summed E-state index contributed by atoms with van der Waals surface area (Å²) in [6.45, 7) is 1.72. The van der Waals surface area contributed by atoms with E-state index in [1.807, 2.05) is 6.07 Å². The summed E-state index contributed by atoms with van der Waals surface area (Å²) in [5.41, 5.74) is 0.664. The Bertz CT molecular complexity index is 1040. The largest absolute Gasteiger partial charge is 0.507 e. The molecule has 3 rings (SSSR count). The molecule has 1 aliphatic rings. The van der Waals surface area contributed by atoms with E-state index < -0.39 is 17.7 Å². The summed E-state index contributed by atoms with van der Waals surface area (Å²) in [4.78, 5) is 26.4. The van der Waals surface area contributed by atoms with Gasteiger partial charge in [-0.15, -0.1) is 0 Å². The van der Waals surface area contributed by atoms with Crippen molar-refractivity contribution in [3.8, 4) is 17.6 Å². The number of halogens is 1. The predicted octanol–water partition coefficient (Wildman–Crippen LogP) is 3.50. The van der Waals surface area contributed by atoms with Crippen LogP contribution in [0, 0.1) is 11.3 Å². The molecule has 148 valence electrons. The zero-order chi connectivity index (χ0) is 21.1. The third kappa shape index (κ3) is 3.82. The minimum atomic E-state index is -0.988. The first kappa shape index (κ1) is 20.4. The van der Waals surface area contributed by atoms with Gasteiger partial charge in [0.15, 0.2) is 11.5 Å². The highest BCUT2D eigenvalue weighted by Gasteiger charge is 2.46. The summed E-state index contributed by atoms with van der Waals surface area (Å²) in [5, 5.41) is 30.0. The number of hydrogen-bond donors (Lipinski definition) is 2. The van der Waals surface area contributed by atoms with Crippen molar-refractivity contribution in [1.29, 1.82) is 5.26 Å². The van der Waals surface area contributed by atoms with Crippen molar-refractivity contribution in [3.05, 3.63) is 63.6 Å². The monoisotopic (exact) mass is 456 g/mol. The number of amides is 1. The number of phenolic OH excluding ortho intramolecular Hbond substituents is 1. The highest BCUT2D eigenvalue weighted by Crippen LogP contribution is 2.41. The van der Waals surface area contributed by atoms with Crippen LogP contribution in [0.25, 0.3) is 5.76 Å². The van der Waals surface area contributed by atoms with E-state index in [1.54, 1.807) is 31.2 Å². The molecule has 0 aliphatic carbocycles. The predicted molar refractivity (Wildman–Crippen MR) is 108 cm³/mol. The quantitative estimate of drug-likeness (QED) is 0.308. The van der Waals surface area contributed by atoms with Crippen LogP contribution < -0.4 is 4.74 Å². The van der Waals surface area contributed by atoms with Crippen LogP contribution in [0.2, 0.25) is 0 Å². The van der Waals surface area contributed by atoms with Crippen LogP contribution in [-0.4, -0.2) is 40.0 Å². The lowest BCUT2D eigenvalue weighted by molar-refractivity contribution is -0.139. The van der Waals surface area contributed by atoms with E-state index >= 15 is 0 Å². The van der Waals surface area contributed by atoms with Crippen LogP contribution in [0.15, 0.2) is 52.5 Å². The lowest BCUT2D eigenvalue weighted by Crippen LogP contribution is -2.30. The highest BCUT2D eigenvalue weighted by atomic mass is 79.9. The van der Waals surface area contributed by atoms with Crippen molar-refractivity contribution < 1.29 is 24.5 Å². The summed E-state index contributed by atoms with van der Waals surface area (Å²) in [5.74, 6) is -2.01. The zero-order valence-electron chi connectivity index (χ0n) is 15.4. The molecule has 7 nitrogen and oxygen atoms in total. The first-order chi connectivity index (χ1) is 13.9. The molecule has 1 saturated heterocycles. The van der Waals surface area contributed by atoms with Gasteiger partial charge in [-0.1, -0.05) is 34.1 Å². The maximum atomic E-state index is 12.7. The maximum Gasteiger partial charge on any atom is 0.296 e. The highest BCUT2D eigenvalue weighted by molar-refractivity contribution is 9.10. The maximum absolute atomic E-state index is 12.7. The molecule has 0 saturated carbocycles. The third-order valence-corrected chi connectivity index (χ3v) is 5.03. The normalized spacial score (nSPS) is 18.0. The molecule has 2 N–H and O–H groups in total. The Morgan fingerprint density at radius 1 is 1.24 bits per heavy atom. The minimum absolute atomic E-state index is 0.0965. The average Bonchev–Trinajstić information content (AvgIpc) is 2.95. The van der Waals surface area contributed by atoms with Crippen molar-refractivity contribution in [2.45, 2.75) is 13.0 Å². The van der Waals surface area contributed by atoms with Gasteiger partial charge in [-0.3, -0.25) is 9.59 Å². The molecule has 8 heteroatoms. The Kier molecular flexibility index (Phi) is 5.89. The van der Waals surface area contributed by atoms with E-state index in [1.165, 1.54) is 18.2 Å². The molecule has 0 bridgehead atoms. The summed E-state index contributed by atoms with van der Waals surface area (Å²) >= 11 is 3.31. The number of aromatic hydroxyl groups is 1. The average molecular weight is 457 g/mol. The molecule has 1 fully saturated rings. The molecular formula is C21H17BrN2O5. The fourth-order valence-electron chi connectivity index (χ4n) is 3.20. The van der Waals surface area contributed by atoms with Crippen molar-refractivity contribution in [2.75, 3.05) is 13.2 Å². The van der Waals surface area contributed by atoms with Crippen LogP contribution in [0.3, 0.4) is 0 Å². The topological polar surface area (TPSA) is 111 Å². The number of benzene rings is 2. The Balaban J connectivity index is 2.20. The third-order valence-electron chi connectivity index (χ3n) is 4.50. The smallest absolute Gasteiger partial charge is 0.296 e. The van der Waals surface area contributed by atoms with E-state index in [9.17, 15) is 19.8 Å². The number of phenols is 1. The number of Topliss-reactive ketones (excluding diaryl/α,β-unsaturated/α-hetero) is 1. The van der Waals surface area contributed by atoms with Gasteiger partial charge >= 0.3 is 0 Å².